The molecule has 110 valence electrons. The molecule has 0 aromatic heterocycles. The molecule has 0 bridgehead atoms. The summed E-state index contributed by atoms with van der Waals surface area (Å²) in [6, 6.07) is 0. The maximum absolute atomic E-state index is 12.4. The van der Waals surface area contributed by atoms with Crippen molar-refractivity contribution in [2.45, 2.75) is 19.1 Å². The number of ether oxygens (including phenoxy) is 3. The van der Waals surface area contributed by atoms with Crippen molar-refractivity contribution in [3.05, 3.63) is 24.3 Å². The summed E-state index contributed by atoms with van der Waals surface area (Å²) >= 11 is 0. The van der Waals surface area contributed by atoms with Gasteiger partial charge in [-0.05, 0) is 18.4 Å². The van der Waals surface area contributed by atoms with Gasteiger partial charge in [0.2, 0.25) is 11.6 Å². The number of methoxy groups -OCH3 is 3. The normalized spacial score (nSPS) is 34.7. The predicted octanol–water partition coefficient (Wildman–Crippen LogP) is 1.49. The van der Waals surface area contributed by atoms with E-state index in [9.17, 15) is 9.59 Å². The number of ketones is 1. The average molecular weight is 280 g/mol. The molecule has 5 nitrogen and oxygen atoms in total. The van der Waals surface area contributed by atoms with Crippen LogP contribution >= 0.6 is 0 Å². The fourth-order valence-corrected chi connectivity index (χ4v) is 3.47. The molecule has 0 radical (unpaired) electrons. The second-order valence-electron chi connectivity index (χ2n) is 5.20. The number of allylic oxidation sites excluding steroid dienone is 2. The molecule has 0 aromatic rings. The van der Waals surface area contributed by atoms with Gasteiger partial charge in [0.25, 0.3) is 0 Å². The number of carbonyl (C=O) groups is 2. The Morgan fingerprint density at radius 2 is 1.95 bits per heavy atom. The minimum Gasteiger partial charge on any atom is -0.468 e. The van der Waals surface area contributed by atoms with Gasteiger partial charge in [0, 0.05) is 20.1 Å². The van der Waals surface area contributed by atoms with Crippen LogP contribution in [0, 0.1) is 17.3 Å². The number of carbonyl (C=O) groups excluding carboxylic acids is 2. The van der Waals surface area contributed by atoms with Gasteiger partial charge in [-0.15, -0.1) is 0 Å². The number of rotatable bonds is 3. The van der Waals surface area contributed by atoms with E-state index in [2.05, 4.69) is 0 Å². The van der Waals surface area contributed by atoms with Gasteiger partial charge in [-0.3, -0.25) is 9.59 Å². The zero-order valence-corrected chi connectivity index (χ0v) is 12.2. The first kappa shape index (κ1) is 14.9. The van der Waals surface area contributed by atoms with Crippen LogP contribution in [0.1, 0.15) is 13.3 Å². The van der Waals surface area contributed by atoms with Crippen LogP contribution in [-0.4, -0.2) is 38.9 Å². The molecule has 0 aromatic carbocycles. The number of esters is 1. The van der Waals surface area contributed by atoms with Crippen LogP contribution in [0.4, 0.5) is 0 Å². The highest BCUT2D eigenvalue weighted by Crippen LogP contribution is 2.53. The van der Waals surface area contributed by atoms with E-state index in [-0.39, 0.29) is 17.7 Å². The maximum Gasteiger partial charge on any atom is 0.316 e. The maximum atomic E-state index is 12.4. The van der Waals surface area contributed by atoms with E-state index >= 15 is 0 Å². The smallest absolute Gasteiger partial charge is 0.316 e. The first-order valence-electron chi connectivity index (χ1n) is 6.58. The summed E-state index contributed by atoms with van der Waals surface area (Å²) in [5.74, 6) is -2.66. The van der Waals surface area contributed by atoms with Crippen molar-refractivity contribution >= 4 is 11.8 Å². The Labute approximate surface area is 118 Å². The lowest BCUT2D eigenvalue weighted by molar-refractivity contribution is -0.248. The fraction of sp³-hybridized carbons (Fsp3) is 0.600. The highest BCUT2D eigenvalue weighted by Gasteiger charge is 2.63. The van der Waals surface area contributed by atoms with Crippen LogP contribution in [0.2, 0.25) is 0 Å². The largest absolute Gasteiger partial charge is 0.468 e. The third kappa shape index (κ3) is 1.70. The molecule has 0 N–H and O–H groups in total. The molecule has 5 heteroatoms. The Hall–Kier alpha value is -1.46. The van der Waals surface area contributed by atoms with Crippen molar-refractivity contribution in [3.63, 3.8) is 0 Å². The Bertz CT molecular complexity index is 475. The Balaban J connectivity index is 2.66. The van der Waals surface area contributed by atoms with Crippen LogP contribution in [0.3, 0.4) is 0 Å². The number of hydrogen-bond acceptors (Lipinski definition) is 5. The minimum atomic E-state index is -1.44. The fourth-order valence-electron chi connectivity index (χ4n) is 3.47. The summed E-state index contributed by atoms with van der Waals surface area (Å²) in [6.45, 7) is 1.93. The standard InChI is InChI=1S/C15H20O5/c1-10-6-5-7-11-14(10,13(17)18-2)9-8-12(16)15(11,19-3)20-4/h5-6,8-11H,7H2,1-4H3/t10-,11+,14+/m0/s1. The van der Waals surface area contributed by atoms with Gasteiger partial charge < -0.3 is 14.2 Å². The molecule has 2 aliphatic carbocycles. The van der Waals surface area contributed by atoms with E-state index in [4.69, 9.17) is 14.2 Å². The highest BCUT2D eigenvalue weighted by atomic mass is 16.7. The van der Waals surface area contributed by atoms with Gasteiger partial charge in [0.1, 0.15) is 5.41 Å². The van der Waals surface area contributed by atoms with Gasteiger partial charge in [0.15, 0.2) is 0 Å². The number of hydrogen-bond donors (Lipinski definition) is 0. The predicted molar refractivity (Wildman–Crippen MR) is 71.8 cm³/mol. The highest BCUT2D eigenvalue weighted by molar-refractivity contribution is 6.00. The van der Waals surface area contributed by atoms with Crippen molar-refractivity contribution in [2.75, 3.05) is 21.3 Å². The van der Waals surface area contributed by atoms with Crippen LogP contribution in [0.25, 0.3) is 0 Å². The lowest BCUT2D eigenvalue weighted by Gasteiger charge is -2.50. The Morgan fingerprint density at radius 1 is 1.30 bits per heavy atom. The van der Waals surface area contributed by atoms with Crippen LogP contribution < -0.4 is 0 Å². The van der Waals surface area contributed by atoms with Crippen molar-refractivity contribution in [3.8, 4) is 0 Å². The van der Waals surface area contributed by atoms with Crippen molar-refractivity contribution in [2.24, 2.45) is 17.3 Å². The SMILES string of the molecule is COC(=O)[C@@]12C=CC(=O)C(OC)(OC)[C@@H]1CC=C[C@@H]2C. The molecule has 0 saturated heterocycles. The summed E-state index contributed by atoms with van der Waals surface area (Å²) in [7, 11) is 4.20. The lowest BCUT2D eigenvalue weighted by atomic mass is 9.57. The Morgan fingerprint density at radius 3 is 2.50 bits per heavy atom. The number of fused-ring (bicyclic) bond motifs is 1. The van der Waals surface area contributed by atoms with Gasteiger partial charge in [0.05, 0.1) is 7.11 Å². The van der Waals surface area contributed by atoms with Crippen LogP contribution in [0.5, 0.6) is 0 Å². The molecule has 3 atom stereocenters. The molecule has 0 saturated carbocycles. The van der Waals surface area contributed by atoms with E-state index in [0.717, 1.165) is 0 Å². The van der Waals surface area contributed by atoms with E-state index < -0.39 is 17.1 Å². The zero-order chi connectivity index (χ0) is 15.0. The molecule has 0 aliphatic heterocycles. The summed E-state index contributed by atoms with van der Waals surface area (Å²) in [5.41, 5.74) is -0.941. The summed E-state index contributed by atoms with van der Waals surface area (Å²) < 4.78 is 15.8. The molecule has 0 heterocycles. The molecular formula is C15H20O5. The first-order valence-corrected chi connectivity index (χ1v) is 6.58. The third-order valence-electron chi connectivity index (χ3n) is 4.58. The summed E-state index contributed by atoms with van der Waals surface area (Å²) in [5, 5.41) is 0. The molecule has 0 amide bonds. The van der Waals surface area contributed by atoms with Gasteiger partial charge in [-0.2, -0.15) is 0 Å². The molecule has 2 aliphatic rings. The molecule has 2 rings (SSSR count). The lowest BCUT2D eigenvalue weighted by Crippen LogP contribution is -2.61. The summed E-state index contributed by atoms with van der Waals surface area (Å²) in [4.78, 5) is 24.7. The third-order valence-corrected chi connectivity index (χ3v) is 4.58. The van der Waals surface area contributed by atoms with E-state index in [1.54, 1.807) is 6.08 Å². The quantitative estimate of drug-likeness (QED) is 0.445. The van der Waals surface area contributed by atoms with Gasteiger partial charge in [-0.1, -0.05) is 25.2 Å². The Kier molecular flexibility index (Phi) is 3.84. The van der Waals surface area contributed by atoms with E-state index in [0.29, 0.717) is 6.42 Å². The van der Waals surface area contributed by atoms with E-state index in [1.165, 1.54) is 27.4 Å². The average Bonchev–Trinajstić information content (AvgIpc) is 2.47. The van der Waals surface area contributed by atoms with Gasteiger partial charge in [-0.25, -0.2) is 0 Å². The monoisotopic (exact) mass is 280 g/mol. The van der Waals surface area contributed by atoms with Crippen LogP contribution in [-0.2, 0) is 23.8 Å². The van der Waals surface area contributed by atoms with Crippen molar-refractivity contribution in [1.82, 2.24) is 0 Å². The van der Waals surface area contributed by atoms with Crippen molar-refractivity contribution in [1.29, 1.82) is 0 Å². The van der Waals surface area contributed by atoms with Crippen molar-refractivity contribution < 1.29 is 23.8 Å². The molecule has 0 unspecified atom stereocenters. The van der Waals surface area contributed by atoms with Gasteiger partial charge >= 0.3 is 5.97 Å². The topological polar surface area (TPSA) is 61.8 Å². The van der Waals surface area contributed by atoms with Crippen LogP contribution in [0.15, 0.2) is 24.3 Å². The second kappa shape index (κ2) is 5.14. The first-order chi connectivity index (χ1) is 9.49. The molecular weight excluding hydrogens is 260 g/mol. The molecule has 20 heavy (non-hydrogen) atoms. The summed E-state index contributed by atoms with van der Waals surface area (Å²) in [6.07, 6.45) is 7.45. The van der Waals surface area contributed by atoms with E-state index in [1.807, 2.05) is 19.1 Å². The zero-order valence-electron chi connectivity index (χ0n) is 12.2. The second-order valence-corrected chi connectivity index (χ2v) is 5.20. The molecule has 0 fully saturated rings. The minimum absolute atomic E-state index is 0.109. The molecule has 0 spiro atoms.